The molecule has 0 bridgehead atoms. The number of rotatable bonds is 1. The molecule has 0 aliphatic carbocycles. The molecule has 1 aliphatic rings. The maximum absolute atomic E-state index is 6.08. The summed E-state index contributed by atoms with van der Waals surface area (Å²) in [6, 6.07) is 1.01. The van der Waals surface area contributed by atoms with Crippen molar-refractivity contribution in [3.63, 3.8) is 0 Å². The second-order valence-electron chi connectivity index (χ2n) is 7.70. The number of nitrogens with zero attached hydrogens (tertiary/aromatic N) is 1. The lowest BCUT2D eigenvalue weighted by molar-refractivity contribution is 0.0431. The van der Waals surface area contributed by atoms with Gasteiger partial charge in [-0.2, -0.15) is 0 Å². The fourth-order valence-electron chi connectivity index (χ4n) is 2.27. The average molecular weight is 241 g/mol. The zero-order valence-corrected chi connectivity index (χ0v) is 12.7. The highest BCUT2D eigenvalue weighted by atomic mass is 15.3. The van der Waals surface area contributed by atoms with E-state index in [1.165, 1.54) is 0 Å². The van der Waals surface area contributed by atoms with Crippen LogP contribution in [0.25, 0.3) is 0 Å². The third-order valence-electron chi connectivity index (χ3n) is 3.90. The Kier molecular flexibility index (Phi) is 4.28. The van der Waals surface area contributed by atoms with Gasteiger partial charge in [-0.15, -0.1) is 0 Å². The highest BCUT2D eigenvalue weighted by molar-refractivity contribution is 4.96. The van der Waals surface area contributed by atoms with Gasteiger partial charge >= 0.3 is 0 Å². The van der Waals surface area contributed by atoms with Gasteiger partial charge in [0.15, 0.2) is 0 Å². The van der Waals surface area contributed by atoms with Crippen molar-refractivity contribution in [2.24, 2.45) is 16.6 Å². The van der Waals surface area contributed by atoms with Gasteiger partial charge in [-0.3, -0.25) is 4.90 Å². The van der Waals surface area contributed by atoms with E-state index in [0.717, 1.165) is 13.1 Å². The van der Waals surface area contributed by atoms with E-state index in [0.29, 0.717) is 12.1 Å². The highest BCUT2D eigenvalue weighted by Crippen LogP contribution is 2.29. The summed E-state index contributed by atoms with van der Waals surface area (Å²) >= 11 is 0. The smallest absolute Gasteiger partial charge is 0.0543 e. The van der Waals surface area contributed by atoms with E-state index in [2.05, 4.69) is 58.7 Å². The Morgan fingerprint density at radius 3 is 1.59 bits per heavy atom. The molecule has 0 amide bonds. The molecule has 3 unspecified atom stereocenters. The maximum atomic E-state index is 6.08. The van der Waals surface area contributed by atoms with Crippen molar-refractivity contribution in [2.75, 3.05) is 13.1 Å². The molecule has 102 valence electrons. The van der Waals surface area contributed by atoms with Crippen LogP contribution in [0.2, 0.25) is 0 Å². The van der Waals surface area contributed by atoms with Crippen LogP contribution in [-0.4, -0.2) is 36.2 Å². The van der Waals surface area contributed by atoms with Crippen LogP contribution in [0.1, 0.15) is 48.5 Å². The van der Waals surface area contributed by atoms with E-state index < -0.39 is 0 Å². The van der Waals surface area contributed by atoms with Gasteiger partial charge in [0.05, 0.1) is 6.17 Å². The second kappa shape index (κ2) is 4.87. The molecule has 0 spiro atoms. The van der Waals surface area contributed by atoms with Crippen LogP contribution in [0.4, 0.5) is 0 Å². The van der Waals surface area contributed by atoms with E-state index in [-0.39, 0.29) is 17.0 Å². The summed E-state index contributed by atoms with van der Waals surface area (Å²) in [6.45, 7) is 18.0. The first-order valence-electron chi connectivity index (χ1n) is 6.77. The minimum absolute atomic E-state index is 0.145. The van der Waals surface area contributed by atoms with E-state index in [1.54, 1.807) is 0 Å². The molecular formula is C14H31N3. The fraction of sp³-hybridized carbons (Fsp3) is 1.00. The first kappa shape index (κ1) is 14.9. The van der Waals surface area contributed by atoms with Gasteiger partial charge in [0.1, 0.15) is 0 Å². The van der Waals surface area contributed by atoms with Gasteiger partial charge < -0.3 is 11.1 Å². The molecule has 3 atom stereocenters. The second-order valence-corrected chi connectivity index (χ2v) is 7.70. The zero-order chi connectivity index (χ0) is 13.4. The van der Waals surface area contributed by atoms with Gasteiger partial charge in [0.2, 0.25) is 0 Å². The standard InChI is InChI=1S/C14H31N3/c1-10(15)17-8-11(13(2,3)4)16-12(9-17)14(5,6)7/h10-12,16H,8-9,15H2,1-7H3. The molecule has 0 aromatic carbocycles. The monoisotopic (exact) mass is 241 g/mol. The van der Waals surface area contributed by atoms with Crippen molar-refractivity contribution in [3.05, 3.63) is 0 Å². The lowest BCUT2D eigenvalue weighted by Gasteiger charge is -2.49. The van der Waals surface area contributed by atoms with E-state index in [9.17, 15) is 0 Å². The van der Waals surface area contributed by atoms with Crippen LogP contribution in [0.3, 0.4) is 0 Å². The molecule has 3 nitrogen and oxygen atoms in total. The minimum atomic E-state index is 0.145. The molecule has 1 heterocycles. The number of hydrogen-bond acceptors (Lipinski definition) is 3. The first-order chi connectivity index (χ1) is 7.51. The Morgan fingerprint density at radius 1 is 1.00 bits per heavy atom. The van der Waals surface area contributed by atoms with E-state index in [4.69, 9.17) is 5.73 Å². The largest absolute Gasteiger partial charge is 0.316 e. The van der Waals surface area contributed by atoms with Crippen molar-refractivity contribution in [2.45, 2.75) is 66.7 Å². The molecular weight excluding hydrogens is 210 g/mol. The molecule has 3 heteroatoms. The predicted molar refractivity (Wildman–Crippen MR) is 74.8 cm³/mol. The highest BCUT2D eigenvalue weighted by Gasteiger charge is 2.38. The lowest BCUT2D eigenvalue weighted by atomic mass is 9.79. The average Bonchev–Trinajstić information content (AvgIpc) is 2.14. The van der Waals surface area contributed by atoms with Crippen molar-refractivity contribution in [1.29, 1.82) is 0 Å². The molecule has 0 radical (unpaired) electrons. The molecule has 1 rings (SSSR count). The van der Waals surface area contributed by atoms with Gasteiger partial charge in [0, 0.05) is 25.2 Å². The van der Waals surface area contributed by atoms with Gasteiger partial charge in [0.25, 0.3) is 0 Å². The number of nitrogens with two attached hydrogens (primary N) is 1. The normalized spacial score (nSPS) is 30.4. The Labute approximate surface area is 107 Å². The quantitative estimate of drug-likeness (QED) is 0.738. The first-order valence-corrected chi connectivity index (χ1v) is 6.77. The van der Waals surface area contributed by atoms with Crippen LogP contribution >= 0.6 is 0 Å². The van der Waals surface area contributed by atoms with Gasteiger partial charge in [-0.05, 0) is 17.8 Å². The summed E-state index contributed by atoms with van der Waals surface area (Å²) in [5.41, 5.74) is 6.63. The number of nitrogens with one attached hydrogen (secondary N) is 1. The summed E-state index contributed by atoms with van der Waals surface area (Å²) < 4.78 is 0. The van der Waals surface area contributed by atoms with Crippen LogP contribution in [-0.2, 0) is 0 Å². The fourth-order valence-corrected chi connectivity index (χ4v) is 2.27. The molecule has 1 fully saturated rings. The van der Waals surface area contributed by atoms with Crippen molar-refractivity contribution < 1.29 is 0 Å². The van der Waals surface area contributed by atoms with E-state index >= 15 is 0 Å². The summed E-state index contributed by atoms with van der Waals surface area (Å²) in [7, 11) is 0. The van der Waals surface area contributed by atoms with Crippen LogP contribution in [0.15, 0.2) is 0 Å². The summed E-state index contributed by atoms with van der Waals surface area (Å²) in [5, 5.41) is 3.82. The van der Waals surface area contributed by atoms with Crippen molar-refractivity contribution in [3.8, 4) is 0 Å². The molecule has 0 saturated carbocycles. The summed E-state index contributed by atoms with van der Waals surface area (Å²) in [4.78, 5) is 2.41. The third kappa shape index (κ3) is 3.94. The van der Waals surface area contributed by atoms with Gasteiger partial charge in [-0.25, -0.2) is 0 Å². The molecule has 0 aromatic rings. The predicted octanol–water partition coefficient (Wildman–Crippen LogP) is 2.03. The van der Waals surface area contributed by atoms with Crippen LogP contribution in [0, 0.1) is 10.8 Å². The van der Waals surface area contributed by atoms with Gasteiger partial charge in [-0.1, -0.05) is 41.5 Å². The third-order valence-corrected chi connectivity index (χ3v) is 3.90. The number of piperazine rings is 1. The lowest BCUT2D eigenvalue weighted by Crippen LogP contribution is -2.66. The Balaban J connectivity index is 2.84. The SMILES string of the molecule is CC(N)N1CC(C(C)(C)C)NC(C(C)(C)C)C1. The molecule has 1 saturated heterocycles. The number of hydrogen-bond donors (Lipinski definition) is 2. The minimum Gasteiger partial charge on any atom is -0.316 e. The topological polar surface area (TPSA) is 41.3 Å². The Morgan fingerprint density at radius 2 is 1.35 bits per heavy atom. The van der Waals surface area contributed by atoms with Crippen molar-refractivity contribution >= 4 is 0 Å². The van der Waals surface area contributed by atoms with E-state index in [1.807, 2.05) is 0 Å². The Bertz CT molecular complexity index is 225. The summed E-state index contributed by atoms with van der Waals surface area (Å²) in [5.74, 6) is 0. The molecule has 1 aliphatic heterocycles. The zero-order valence-electron chi connectivity index (χ0n) is 12.7. The summed E-state index contributed by atoms with van der Waals surface area (Å²) in [6.07, 6.45) is 0.145. The molecule has 17 heavy (non-hydrogen) atoms. The van der Waals surface area contributed by atoms with Crippen LogP contribution in [0.5, 0.6) is 0 Å². The molecule has 3 N–H and O–H groups in total. The van der Waals surface area contributed by atoms with Crippen molar-refractivity contribution in [1.82, 2.24) is 10.2 Å². The maximum Gasteiger partial charge on any atom is 0.0543 e. The van der Waals surface area contributed by atoms with Crippen LogP contribution < -0.4 is 11.1 Å². The Hall–Kier alpha value is -0.120. The molecule has 0 aromatic heterocycles.